The molecule has 10 heteroatoms. The molecule has 2 N–H and O–H groups in total. The lowest BCUT2D eigenvalue weighted by molar-refractivity contribution is -0.124. The average molecular weight is 409 g/mol. The molecule has 2 aromatic rings. The standard InChI is InChI=1S/C17H20N4O4S2/c1-11-14(26-17(18-11)12-7-4-3-5-8-12)16(23)20-19-15(22)13-9-6-10-21(13)27(2,24)25/h3-5,7-8,13H,6,9-10H2,1-2H3,(H,19,22)(H,20,23)/t13-/m1/s1. The quantitative estimate of drug-likeness (QED) is 0.742. The van der Waals surface area contributed by atoms with E-state index in [1.807, 2.05) is 30.3 Å². The zero-order valence-electron chi connectivity index (χ0n) is 14.9. The molecular weight excluding hydrogens is 388 g/mol. The Kier molecular flexibility index (Phi) is 5.59. The van der Waals surface area contributed by atoms with Gasteiger partial charge in [0.05, 0.1) is 11.9 Å². The summed E-state index contributed by atoms with van der Waals surface area (Å²) in [4.78, 5) is 29.5. The topological polar surface area (TPSA) is 108 Å². The van der Waals surface area contributed by atoms with Gasteiger partial charge in [0.25, 0.3) is 11.8 Å². The Hall–Kier alpha value is -2.30. The maximum absolute atomic E-state index is 12.4. The van der Waals surface area contributed by atoms with Crippen molar-refractivity contribution >= 4 is 33.2 Å². The normalized spacial score (nSPS) is 17.6. The van der Waals surface area contributed by atoms with E-state index in [1.165, 1.54) is 11.3 Å². The van der Waals surface area contributed by atoms with Gasteiger partial charge in [-0.25, -0.2) is 13.4 Å². The second-order valence-corrected chi connectivity index (χ2v) is 9.21. The third-order valence-corrected chi connectivity index (χ3v) is 6.75. The van der Waals surface area contributed by atoms with Gasteiger partial charge in [0.1, 0.15) is 15.9 Å². The number of nitrogens with one attached hydrogen (secondary N) is 2. The van der Waals surface area contributed by atoms with Crippen molar-refractivity contribution in [2.75, 3.05) is 12.8 Å². The summed E-state index contributed by atoms with van der Waals surface area (Å²) < 4.78 is 24.6. The number of rotatable bonds is 4. The summed E-state index contributed by atoms with van der Waals surface area (Å²) in [5.74, 6) is -1.03. The molecule has 1 aliphatic heterocycles. The van der Waals surface area contributed by atoms with E-state index >= 15 is 0 Å². The van der Waals surface area contributed by atoms with Gasteiger partial charge in [-0.1, -0.05) is 30.3 Å². The van der Waals surface area contributed by atoms with Crippen LogP contribution in [0, 0.1) is 6.92 Å². The predicted octanol–water partition coefficient (Wildman–Crippen LogP) is 1.30. The first-order chi connectivity index (χ1) is 12.8. The predicted molar refractivity (Wildman–Crippen MR) is 102 cm³/mol. The summed E-state index contributed by atoms with van der Waals surface area (Å²) in [6.45, 7) is 2.03. The van der Waals surface area contributed by atoms with E-state index in [0.717, 1.165) is 16.1 Å². The monoisotopic (exact) mass is 408 g/mol. The fourth-order valence-electron chi connectivity index (χ4n) is 2.97. The molecule has 1 atom stereocenters. The number of carbonyl (C=O) groups excluding carboxylic acids is 2. The number of hydrogen-bond acceptors (Lipinski definition) is 6. The highest BCUT2D eigenvalue weighted by molar-refractivity contribution is 7.88. The highest BCUT2D eigenvalue weighted by Crippen LogP contribution is 2.27. The van der Waals surface area contributed by atoms with Crippen molar-refractivity contribution in [3.8, 4) is 10.6 Å². The molecule has 144 valence electrons. The number of aromatic nitrogens is 1. The fourth-order valence-corrected chi connectivity index (χ4v) is 5.06. The number of benzene rings is 1. The minimum atomic E-state index is -3.47. The molecule has 0 aliphatic carbocycles. The van der Waals surface area contributed by atoms with Crippen molar-refractivity contribution < 1.29 is 18.0 Å². The van der Waals surface area contributed by atoms with Crippen molar-refractivity contribution in [3.05, 3.63) is 40.9 Å². The van der Waals surface area contributed by atoms with Crippen molar-refractivity contribution in [1.29, 1.82) is 0 Å². The number of aryl methyl sites for hydroxylation is 1. The smallest absolute Gasteiger partial charge is 0.271 e. The third-order valence-electron chi connectivity index (χ3n) is 4.26. The van der Waals surface area contributed by atoms with Crippen LogP contribution in [0.1, 0.15) is 28.2 Å². The Bertz CT molecular complexity index is 957. The number of thiazole rings is 1. The van der Waals surface area contributed by atoms with Crippen molar-refractivity contribution in [1.82, 2.24) is 20.1 Å². The Morgan fingerprint density at radius 1 is 1.22 bits per heavy atom. The van der Waals surface area contributed by atoms with Crippen LogP contribution in [0.15, 0.2) is 30.3 Å². The minimum absolute atomic E-state index is 0.305. The zero-order chi connectivity index (χ0) is 19.6. The van der Waals surface area contributed by atoms with Crippen LogP contribution in [-0.2, 0) is 14.8 Å². The maximum atomic E-state index is 12.4. The largest absolute Gasteiger partial charge is 0.281 e. The number of nitrogens with zero attached hydrogens (tertiary/aromatic N) is 2. The molecular formula is C17H20N4O4S2. The van der Waals surface area contributed by atoms with Gasteiger partial charge in [-0.05, 0) is 19.8 Å². The second kappa shape index (κ2) is 7.75. The lowest BCUT2D eigenvalue weighted by Crippen LogP contribution is -2.51. The first kappa shape index (κ1) is 19.5. The lowest BCUT2D eigenvalue weighted by atomic mass is 10.2. The fraction of sp³-hybridized carbons (Fsp3) is 0.353. The number of hydrogen-bond donors (Lipinski definition) is 2. The Balaban J connectivity index is 1.66. The van der Waals surface area contributed by atoms with Gasteiger partial charge in [0, 0.05) is 12.1 Å². The number of carbonyl (C=O) groups is 2. The minimum Gasteiger partial charge on any atom is -0.271 e. The summed E-state index contributed by atoms with van der Waals surface area (Å²) in [6, 6.07) is 8.68. The van der Waals surface area contributed by atoms with E-state index in [4.69, 9.17) is 0 Å². The highest BCUT2D eigenvalue weighted by Gasteiger charge is 2.36. The molecule has 1 fully saturated rings. The maximum Gasteiger partial charge on any atom is 0.281 e. The van der Waals surface area contributed by atoms with E-state index in [9.17, 15) is 18.0 Å². The van der Waals surface area contributed by atoms with Crippen LogP contribution in [0.5, 0.6) is 0 Å². The Labute approximate surface area is 161 Å². The molecule has 1 aromatic heterocycles. The molecule has 0 bridgehead atoms. The Morgan fingerprint density at radius 3 is 2.59 bits per heavy atom. The first-order valence-corrected chi connectivity index (χ1v) is 11.0. The van der Waals surface area contributed by atoms with Gasteiger partial charge in [-0.15, -0.1) is 11.3 Å². The van der Waals surface area contributed by atoms with Crippen molar-refractivity contribution in [2.24, 2.45) is 0 Å². The molecule has 27 heavy (non-hydrogen) atoms. The Morgan fingerprint density at radius 2 is 1.93 bits per heavy atom. The number of hydrazine groups is 1. The van der Waals surface area contributed by atoms with Gasteiger partial charge in [-0.3, -0.25) is 20.4 Å². The van der Waals surface area contributed by atoms with Crippen LogP contribution < -0.4 is 10.9 Å². The molecule has 1 saturated heterocycles. The number of amides is 2. The van der Waals surface area contributed by atoms with Crippen molar-refractivity contribution in [3.63, 3.8) is 0 Å². The SMILES string of the molecule is Cc1nc(-c2ccccc2)sc1C(=O)NNC(=O)[C@H]1CCCN1S(C)(=O)=O. The van der Waals surface area contributed by atoms with Crippen LogP contribution >= 0.6 is 11.3 Å². The average Bonchev–Trinajstić information content (AvgIpc) is 3.27. The zero-order valence-corrected chi connectivity index (χ0v) is 16.6. The molecule has 1 aliphatic rings. The van der Waals surface area contributed by atoms with Gasteiger partial charge in [0.2, 0.25) is 10.0 Å². The van der Waals surface area contributed by atoms with E-state index in [1.54, 1.807) is 6.92 Å². The van der Waals surface area contributed by atoms with E-state index < -0.39 is 27.9 Å². The molecule has 0 saturated carbocycles. The number of sulfonamides is 1. The van der Waals surface area contributed by atoms with Crippen LogP contribution in [0.25, 0.3) is 10.6 Å². The summed E-state index contributed by atoms with van der Waals surface area (Å²) in [5, 5.41) is 0.712. The van der Waals surface area contributed by atoms with Crippen LogP contribution in [0.4, 0.5) is 0 Å². The van der Waals surface area contributed by atoms with Gasteiger partial charge >= 0.3 is 0 Å². The van der Waals surface area contributed by atoms with Crippen LogP contribution in [0.2, 0.25) is 0 Å². The van der Waals surface area contributed by atoms with Gasteiger partial charge < -0.3 is 0 Å². The van der Waals surface area contributed by atoms with E-state index in [0.29, 0.717) is 35.0 Å². The second-order valence-electron chi connectivity index (χ2n) is 6.27. The summed E-state index contributed by atoms with van der Waals surface area (Å²) >= 11 is 1.23. The van der Waals surface area contributed by atoms with Gasteiger partial charge in [0.15, 0.2) is 0 Å². The van der Waals surface area contributed by atoms with Crippen molar-refractivity contribution in [2.45, 2.75) is 25.8 Å². The molecule has 0 unspecified atom stereocenters. The molecule has 0 radical (unpaired) electrons. The van der Waals surface area contributed by atoms with E-state index in [-0.39, 0.29) is 0 Å². The summed E-state index contributed by atoms with van der Waals surface area (Å²) in [5.41, 5.74) is 6.16. The van der Waals surface area contributed by atoms with Gasteiger partial charge in [-0.2, -0.15) is 4.31 Å². The molecule has 2 heterocycles. The van der Waals surface area contributed by atoms with Crippen LogP contribution in [0.3, 0.4) is 0 Å². The van der Waals surface area contributed by atoms with E-state index in [2.05, 4.69) is 15.8 Å². The molecule has 2 amide bonds. The highest BCUT2D eigenvalue weighted by atomic mass is 32.2. The molecule has 1 aromatic carbocycles. The molecule has 8 nitrogen and oxygen atoms in total. The van der Waals surface area contributed by atoms with Crippen LogP contribution in [-0.4, -0.2) is 48.4 Å². The third kappa shape index (κ3) is 4.34. The molecule has 3 rings (SSSR count). The summed E-state index contributed by atoms with van der Waals surface area (Å²) in [7, 11) is -3.47. The summed E-state index contributed by atoms with van der Waals surface area (Å²) in [6.07, 6.45) is 2.10. The first-order valence-electron chi connectivity index (χ1n) is 8.37. The lowest BCUT2D eigenvalue weighted by Gasteiger charge is -2.21. The molecule has 0 spiro atoms.